The Kier molecular flexibility index (Phi) is 7.72. The van der Waals surface area contributed by atoms with Gasteiger partial charge in [-0.2, -0.15) is 10.4 Å². The third kappa shape index (κ3) is 6.09. The number of aromatic nitrogens is 3. The van der Waals surface area contributed by atoms with Crippen LogP contribution in [0.4, 0.5) is 19.4 Å². The number of halogens is 2. The van der Waals surface area contributed by atoms with Crippen LogP contribution in [0.1, 0.15) is 42.6 Å². The fraction of sp³-hybridized carbons (Fsp3) is 0.300. The van der Waals surface area contributed by atoms with Gasteiger partial charge in [0.1, 0.15) is 29.6 Å². The molecule has 0 atom stereocenters. The fourth-order valence-electron chi connectivity index (χ4n) is 5.27. The van der Waals surface area contributed by atoms with Gasteiger partial charge in [-0.1, -0.05) is 6.07 Å². The second-order valence-corrected chi connectivity index (χ2v) is 11.1. The van der Waals surface area contributed by atoms with Crippen molar-refractivity contribution in [2.24, 2.45) is 11.5 Å². The molecule has 1 aliphatic rings. The molecule has 43 heavy (non-hydrogen) atoms. The first-order valence-corrected chi connectivity index (χ1v) is 13.5. The Labute approximate surface area is 245 Å². The monoisotopic (exact) mass is 589 g/mol. The van der Waals surface area contributed by atoms with Crippen molar-refractivity contribution < 1.29 is 28.2 Å². The lowest BCUT2D eigenvalue weighted by molar-refractivity contribution is 0.0591. The molecule has 0 aliphatic carbocycles. The molecule has 0 unspecified atom stereocenters. The van der Waals surface area contributed by atoms with E-state index in [0.29, 0.717) is 42.7 Å². The number of ether oxygens (including phenoxy) is 1. The third-order valence-electron chi connectivity index (χ3n) is 7.22. The number of fused-ring (bicyclic) bond motifs is 1. The second-order valence-electron chi connectivity index (χ2n) is 11.1. The SMILES string of the molecule is CC(C)(O)Cn1ncc2cc(-c3c(C(N)=O)cc(N4CCC(OC(N)=O)CC4)nc3-c3ccc(C#N)c(F)c3)c(F)cc21. The number of primary amides is 2. The standard InChI is InChI=1S/C30H29F2N7O4/c1-30(2,42)15-39-24-12-23(32)20(9-18(24)14-36-39)26-21(28(34)40)11-25(38-7-5-19(6-8-38)43-29(35)41)37-27(26)16-3-4-17(13-33)22(31)10-16/h3-4,9-12,14,19,42H,5-8,15H2,1-2H3,(H2,34,40)(H2,35,41). The van der Waals surface area contributed by atoms with Crippen molar-refractivity contribution in [3.8, 4) is 28.5 Å². The molecule has 13 heteroatoms. The smallest absolute Gasteiger partial charge is 0.404 e. The zero-order valence-corrected chi connectivity index (χ0v) is 23.5. The van der Waals surface area contributed by atoms with E-state index in [2.05, 4.69) is 5.10 Å². The van der Waals surface area contributed by atoms with E-state index in [1.807, 2.05) is 4.90 Å². The van der Waals surface area contributed by atoms with Crippen molar-refractivity contribution in [2.75, 3.05) is 18.0 Å². The summed E-state index contributed by atoms with van der Waals surface area (Å²) in [7, 11) is 0. The van der Waals surface area contributed by atoms with Crippen LogP contribution >= 0.6 is 0 Å². The number of rotatable bonds is 7. The van der Waals surface area contributed by atoms with E-state index >= 15 is 4.39 Å². The Balaban J connectivity index is 1.69. The van der Waals surface area contributed by atoms with Crippen molar-refractivity contribution in [1.29, 1.82) is 5.26 Å². The summed E-state index contributed by atoms with van der Waals surface area (Å²) >= 11 is 0. The molecule has 3 heterocycles. The van der Waals surface area contributed by atoms with E-state index in [4.69, 9.17) is 21.2 Å². The molecule has 0 saturated carbocycles. The number of hydrogen-bond donors (Lipinski definition) is 3. The van der Waals surface area contributed by atoms with Crippen LogP contribution in [0.15, 0.2) is 42.6 Å². The molecule has 4 aromatic rings. The topological polar surface area (TPSA) is 173 Å². The van der Waals surface area contributed by atoms with Gasteiger partial charge in [-0.25, -0.2) is 18.6 Å². The van der Waals surface area contributed by atoms with Gasteiger partial charge in [0.05, 0.1) is 40.7 Å². The average Bonchev–Trinajstić information content (AvgIpc) is 3.31. The largest absolute Gasteiger partial charge is 0.446 e. The van der Waals surface area contributed by atoms with Gasteiger partial charge in [0.15, 0.2) is 0 Å². The van der Waals surface area contributed by atoms with Crippen LogP contribution in [0.3, 0.4) is 0 Å². The number of carbonyl (C=O) groups excluding carboxylic acids is 2. The van der Waals surface area contributed by atoms with E-state index in [0.717, 1.165) is 6.07 Å². The van der Waals surface area contributed by atoms with Gasteiger partial charge in [0, 0.05) is 54.1 Å². The molecule has 2 amide bonds. The highest BCUT2D eigenvalue weighted by molar-refractivity contribution is 6.05. The highest BCUT2D eigenvalue weighted by atomic mass is 19.1. The Morgan fingerprint density at radius 1 is 1.14 bits per heavy atom. The van der Waals surface area contributed by atoms with Gasteiger partial charge in [0.25, 0.3) is 0 Å². The molecule has 1 saturated heterocycles. The lowest BCUT2D eigenvalue weighted by Gasteiger charge is -2.33. The van der Waals surface area contributed by atoms with Crippen molar-refractivity contribution in [3.63, 3.8) is 0 Å². The number of nitrogens with zero attached hydrogens (tertiary/aromatic N) is 5. The lowest BCUT2D eigenvalue weighted by Crippen LogP contribution is -2.39. The van der Waals surface area contributed by atoms with Crippen molar-refractivity contribution in [1.82, 2.24) is 14.8 Å². The Hall–Kier alpha value is -5.09. The summed E-state index contributed by atoms with van der Waals surface area (Å²) in [5, 5.41) is 24.3. The number of anilines is 1. The molecule has 222 valence electrons. The van der Waals surface area contributed by atoms with Crippen LogP contribution in [0.2, 0.25) is 0 Å². The maximum Gasteiger partial charge on any atom is 0.404 e. The molecule has 1 aliphatic heterocycles. The maximum atomic E-state index is 16.0. The molecule has 11 nitrogen and oxygen atoms in total. The number of amides is 2. The predicted molar refractivity (Wildman–Crippen MR) is 154 cm³/mol. The number of pyridine rings is 1. The Morgan fingerprint density at radius 3 is 2.47 bits per heavy atom. The van der Waals surface area contributed by atoms with Gasteiger partial charge < -0.3 is 26.2 Å². The van der Waals surface area contributed by atoms with Crippen LogP contribution in [-0.4, -0.2) is 56.7 Å². The normalized spacial score (nSPS) is 14.1. The summed E-state index contributed by atoms with van der Waals surface area (Å²) in [5.74, 6) is -2.07. The molecular weight excluding hydrogens is 560 g/mol. The van der Waals surface area contributed by atoms with Gasteiger partial charge in [-0.05, 0) is 38.1 Å². The second kappa shape index (κ2) is 11.3. The maximum absolute atomic E-state index is 16.0. The summed E-state index contributed by atoms with van der Waals surface area (Å²) in [6, 6.07) is 9.81. The van der Waals surface area contributed by atoms with Gasteiger partial charge in [-0.15, -0.1) is 0 Å². The summed E-state index contributed by atoms with van der Waals surface area (Å²) < 4.78 is 37.4. The van der Waals surface area contributed by atoms with Crippen LogP contribution in [0.25, 0.3) is 33.3 Å². The molecule has 0 radical (unpaired) electrons. The van der Waals surface area contributed by atoms with Gasteiger partial charge >= 0.3 is 6.09 Å². The highest BCUT2D eigenvalue weighted by Crippen LogP contribution is 2.39. The number of nitriles is 1. The molecule has 5 rings (SSSR count). The zero-order chi connectivity index (χ0) is 31.1. The number of carbonyl (C=O) groups is 2. The predicted octanol–water partition coefficient (Wildman–Crippen LogP) is 3.85. The van der Waals surface area contributed by atoms with E-state index in [-0.39, 0.29) is 46.2 Å². The summed E-state index contributed by atoms with van der Waals surface area (Å²) in [6.45, 7) is 4.10. The minimum Gasteiger partial charge on any atom is -0.446 e. The van der Waals surface area contributed by atoms with Crippen molar-refractivity contribution in [2.45, 2.75) is 44.9 Å². The van der Waals surface area contributed by atoms with Crippen LogP contribution < -0.4 is 16.4 Å². The average molecular weight is 590 g/mol. The van der Waals surface area contributed by atoms with Crippen LogP contribution in [-0.2, 0) is 11.3 Å². The number of hydrogen-bond acceptors (Lipinski definition) is 8. The summed E-state index contributed by atoms with van der Waals surface area (Å²) in [5.41, 5.74) is 10.4. The number of nitrogens with two attached hydrogens (primary N) is 2. The fourth-order valence-corrected chi connectivity index (χ4v) is 5.27. The van der Waals surface area contributed by atoms with Gasteiger partial charge in [-0.3, -0.25) is 9.48 Å². The van der Waals surface area contributed by atoms with Gasteiger partial charge in [0.2, 0.25) is 5.91 Å². The molecule has 0 spiro atoms. The number of piperidine rings is 1. The van der Waals surface area contributed by atoms with E-state index in [9.17, 15) is 24.3 Å². The van der Waals surface area contributed by atoms with Crippen LogP contribution in [0.5, 0.6) is 0 Å². The minimum atomic E-state index is -1.11. The third-order valence-corrected chi connectivity index (χ3v) is 7.22. The highest BCUT2D eigenvalue weighted by Gasteiger charge is 2.28. The first-order valence-electron chi connectivity index (χ1n) is 13.5. The van der Waals surface area contributed by atoms with E-state index in [1.54, 1.807) is 19.9 Å². The lowest BCUT2D eigenvalue weighted by atomic mass is 9.92. The minimum absolute atomic E-state index is 0.0171. The molecule has 2 aromatic carbocycles. The molecule has 0 bridgehead atoms. The Morgan fingerprint density at radius 2 is 1.86 bits per heavy atom. The summed E-state index contributed by atoms with van der Waals surface area (Å²) in [4.78, 5) is 30.7. The zero-order valence-electron chi connectivity index (χ0n) is 23.5. The first-order chi connectivity index (χ1) is 20.3. The quantitative estimate of drug-likeness (QED) is 0.291. The molecular formula is C30H29F2N7O4. The molecule has 5 N–H and O–H groups in total. The Bertz CT molecular complexity index is 1780. The molecule has 2 aromatic heterocycles. The van der Waals surface area contributed by atoms with E-state index in [1.165, 1.54) is 41.2 Å². The first kappa shape index (κ1) is 29.4. The summed E-state index contributed by atoms with van der Waals surface area (Å²) in [6.07, 6.45) is 1.15. The number of aliphatic hydroxyl groups is 1. The van der Waals surface area contributed by atoms with Crippen LogP contribution in [0, 0.1) is 23.0 Å². The molecule has 1 fully saturated rings. The van der Waals surface area contributed by atoms with Crippen molar-refractivity contribution >= 4 is 28.7 Å². The van der Waals surface area contributed by atoms with Crippen molar-refractivity contribution in [3.05, 3.63) is 65.4 Å². The van der Waals surface area contributed by atoms with E-state index < -0.39 is 29.2 Å². The number of benzene rings is 2.